The number of hydrogen-bond acceptors (Lipinski definition) is 0. The van der Waals surface area contributed by atoms with Gasteiger partial charge in [0.15, 0.2) is 5.95 Å². The molecule has 1 N–H and O–H groups in total. The van der Waals surface area contributed by atoms with Gasteiger partial charge in [-0.15, -0.1) is 12.4 Å². The van der Waals surface area contributed by atoms with E-state index in [9.17, 15) is 4.39 Å². The highest BCUT2D eigenvalue weighted by molar-refractivity contribution is 5.85. The number of H-pyrrole nitrogens is 1. The molecule has 1 nitrogen and oxygen atoms in total. The molecule has 58 valence electrons. The third-order valence-electron chi connectivity index (χ3n) is 1.50. The predicted octanol–water partition coefficient (Wildman–Crippen LogP) is 2.73. The average molecular weight is 172 g/mol. The van der Waals surface area contributed by atoms with Crippen molar-refractivity contribution in [1.29, 1.82) is 0 Å². The molecule has 0 atom stereocenters. The van der Waals surface area contributed by atoms with E-state index >= 15 is 0 Å². The van der Waals surface area contributed by atoms with Crippen LogP contribution >= 0.6 is 12.4 Å². The quantitative estimate of drug-likeness (QED) is 0.628. The van der Waals surface area contributed by atoms with Gasteiger partial charge in [-0.05, 0) is 6.07 Å². The maximum absolute atomic E-state index is 12.5. The number of nitrogens with one attached hydrogen (secondary N) is 1. The van der Waals surface area contributed by atoms with Gasteiger partial charge in [0, 0.05) is 17.0 Å². The molecule has 2 rings (SSSR count). The molecule has 11 heavy (non-hydrogen) atoms. The van der Waals surface area contributed by atoms with Gasteiger partial charge in [0.1, 0.15) is 0 Å². The molecule has 0 aliphatic rings. The van der Waals surface area contributed by atoms with Crippen LogP contribution in [-0.4, -0.2) is 4.98 Å². The summed E-state index contributed by atoms with van der Waals surface area (Å²) in [4.78, 5) is 2.59. The lowest BCUT2D eigenvalue weighted by molar-refractivity contribution is 0.595. The molecule has 0 amide bonds. The highest BCUT2D eigenvalue weighted by Gasteiger charge is 1.95. The monoisotopic (exact) mass is 171 g/mol. The first kappa shape index (κ1) is 8.08. The fraction of sp³-hybridized carbons (Fsp3) is 0. The van der Waals surface area contributed by atoms with Crippen LogP contribution in [0.1, 0.15) is 0 Å². The smallest absolute Gasteiger partial charge is 0.192 e. The van der Waals surface area contributed by atoms with Crippen LogP contribution in [0.2, 0.25) is 0 Å². The molecule has 0 fully saturated rings. The number of hydrogen-bond donors (Lipinski definition) is 1. The molecule has 0 unspecified atom stereocenters. The molecular weight excluding hydrogens is 165 g/mol. The fourth-order valence-electron chi connectivity index (χ4n) is 1.04. The Hall–Kier alpha value is -1.02. The summed E-state index contributed by atoms with van der Waals surface area (Å²) in [6, 6.07) is 8.95. The molecule has 1 aromatic heterocycles. The van der Waals surface area contributed by atoms with Crippen molar-refractivity contribution in [3.05, 3.63) is 36.3 Å². The summed E-state index contributed by atoms with van der Waals surface area (Å²) in [6.07, 6.45) is 0. The summed E-state index contributed by atoms with van der Waals surface area (Å²) in [6.45, 7) is 0. The molecular formula is C8H7ClFN. The van der Waals surface area contributed by atoms with Crippen molar-refractivity contribution < 1.29 is 4.39 Å². The maximum atomic E-state index is 12.5. The molecule has 0 bridgehead atoms. The molecule has 3 heteroatoms. The summed E-state index contributed by atoms with van der Waals surface area (Å²) < 4.78 is 12.5. The van der Waals surface area contributed by atoms with E-state index < -0.39 is 0 Å². The van der Waals surface area contributed by atoms with Crippen molar-refractivity contribution in [2.24, 2.45) is 0 Å². The third-order valence-corrected chi connectivity index (χ3v) is 1.50. The molecule has 0 spiro atoms. The predicted molar refractivity (Wildman–Crippen MR) is 45.5 cm³/mol. The van der Waals surface area contributed by atoms with Crippen LogP contribution in [0.25, 0.3) is 10.9 Å². The normalized spacial score (nSPS) is 9.55. The zero-order valence-electron chi connectivity index (χ0n) is 5.67. The summed E-state index contributed by atoms with van der Waals surface area (Å²) in [7, 11) is 0. The summed E-state index contributed by atoms with van der Waals surface area (Å²) in [5.74, 6) is -0.277. The Morgan fingerprint density at radius 2 is 1.91 bits per heavy atom. The van der Waals surface area contributed by atoms with Gasteiger partial charge in [-0.2, -0.15) is 4.39 Å². The zero-order valence-corrected chi connectivity index (χ0v) is 6.49. The van der Waals surface area contributed by atoms with Gasteiger partial charge in [0.05, 0.1) is 0 Å². The minimum absolute atomic E-state index is 0. The van der Waals surface area contributed by atoms with E-state index in [2.05, 4.69) is 4.98 Å². The second-order valence-electron chi connectivity index (χ2n) is 2.20. The van der Waals surface area contributed by atoms with Crippen LogP contribution in [0.3, 0.4) is 0 Å². The molecule has 0 saturated carbocycles. The maximum Gasteiger partial charge on any atom is 0.192 e. The van der Waals surface area contributed by atoms with Crippen LogP contribution in [0, 0.1) is 5.95 Å². The standard InChI is InChI=1S/C8H6FN.ClH/c9-8-5-6-3-1-2-4-7(6)10-8;/h1-5,10H;1H. The molecule has 1 heterocycles. The molecule has 0 saturated heterocycles. The summed E-state index contributed by atoms with van der Waals surface area (Å²) in [5.41, 5.74) is 0.847. The lowest BCUT2D eigenvalue weighted by Crippen LogP contribution is -1.66. The minimum atomic E-state index is -0.277. The fourth-order valence-corrected chi connectivity index (χ4v) is 1.04. The van der Waals surface area contributed by atoms with Crippen LogP contribution in [-0.2, 0) is 0 Å². The van der Waals surface area contributed by atoms with Crippen molar-refractivity contribution in [2.45, 2.75) is 0 Å². The zero-order chi connectivity index (χ0) is 6.97. The highest BCUT2D eigenvalue weighted by atomic mass is 35.5. The SMILES string of the molecule is Cl.Fc1cc2ccccc2[nH]1. The number of para-hydroxylation sites is 1. The Bertz CT molecular complexity index is 323. The van der Waals surface area contributed by atoms with E-state index in [0.717, 1.165) is 10.9 Å². The average Bonchev–Trinajstić information content (AvgIpc) is 2.27. The second-order valence-corrected chi connectivity index (χ2v) is 2.20. The van der Waals surface area contributed by atoms with Crippen LogP contribution in [0.5, 0.6) is 0 Å². The summed E-state index contributed by atoms with van der Waals surface area (Å²) in [5, 5.41) is 0.917. The first-order valence-electron chi connectivity index (χ1n) is 3.09. The number of fused-ring (bicyclic) bond motifs is 1. The second kappa shape index (κ2) is 2.93. The topological polar surface area (TPSA) is 15.8 Å². The third kappa shape index (κ3) is 1.35. The van der Waals surface area contributed by atoms with Crippen molar-refractivity contribution in [2.75, 3.05) is 0 Å². The Kier molecular flexibility index (Phi) is 2.15. The largest absolute Gasteiger partial charge is 0.331 e. The number of aromatic amines is 1. The van der Waals surface area contributed by atoms with Crippen molar-refractivity contribution in [3.63, 3.8) is 0 Å². The van der Waals surface area contributed by atoms with Gasteiger partial charge in [-0.1, -0.05) is 18.2 Å². The van der Waals surface area contributed by atoms with Gasteiger partial charge < -0.3 is 4.98 Å². The first-order chi connectivity index (χ1) is 4.86. The van der Waals surface area contributed by atoms with E-state index in [1.54, 1.807) is 0 Å². The molecule has 0 radical (unpaired) electrons. The molecule has 0 aliphatic heterocycles. The minimum Gasteiger partial charge on any atom is -0.331 e. The van der Waals surface area contributed by atoms with E-state index in [-0.39, 0.29) is 18.4 Å². The van der Waals surface area contributed by atoms with Gasteiger partial charge >= 0.3 is 0 Å². The number of aromatic nitrogens is 1. The van der Waals surface area contributed by atoms with Gasteiger partial charge in [-0.25, -0.2) is 0 Å². The molecule has 1 aromatic carbocycles. The first-order valence-corrected chi connectivity index (χ1v) is 3.09. The van der Waals surface area contributed by atoms with E-state index in [4.69, 9.17) is 0 Å². The van der Waals surface area contributed by atoms with Crippen LogP contribution in [0.15, 0.2) is 30.3 Å². The Labute approximate surface area is 69.6 Å². The molecule has 0 aliphatic carbocycles. The van der Waals surface area contributed by atoms with E-state index in [0.29, 0.717) is 0 Å². The van der Waals surface area contributed by atoms with Gasteiger partial charge in [-0.3, -0.25) is 0 Å². The van der Waals surface area contributed by atoms with Crippen LogP contribution < -0.4 is 0 Å². The highest BCUT2D eigenvalue weighted by Crippen LogP contribution is 2.12. The number of benzene rings is 1. The van der Waals surface area contributed by atoms with Crippen molar-refractivity contribution >= 4 is 23.3 Å². The number of halogens is 2. The Morgan fingerprint density at radius 3 is 2.64 bits per heavy atom. The van der Waals surface area contributed by atoms with Crippen LogP contribution in [0.4, 0.5) is 4.39 Å². The van der Waals surface area contributed by atoms with Crippen molar-refractivity contribution in [3.8, 4) is 0 Å². The lowest BCUT2D eigenvalue weighted by Gasteiger charge is -1.82. The van der Waals surface area contributed by atoms with Crippen molar-refractivity contribution in [1.82, 2.24) is 4.98 Å². The Balaban J connectivity index is 0.000000605. The van der Waals surface area contributed by atoms with E-state index in [1.807, 2.05) is 24.3 Å². The lowest BCUT2D eigenvalue weighted by atomic mass is 10.3. The van der Waals surface area contributed by atoms with Gasteiger partial charge in [0.2, 0.25) is 0 Å². The number of rotatable bonds is 0. The molecule has 2 aromatic rings. The van der Waals surface area contributed by atoms with Gasteiger partial charge in [0.25, 0.3) is 0 Å². The Morgan fingerprint density at radius 1 is 1.18 bits per heavy atom. The summed E-state index contributed by atoms with van der Waals surface area (Å²) >= 11 is 0. The van der Waals surface area contributed by atoms with E-state index in [1.165, 1.54) is 6.07 Å².